The molecular formula is C39H62O16. The van der Waals surface area contributed by atoms with Crippen molar-refractivity contribution in [3.05, 3.63) is 23.8 Å². The van der Waals surface area contributed by atoms with Gasteiger partial charge in [0.15, 0.2) is 18.4 Å². The van der Waals surface area contributed by atoms with Gasteiger partial charge in [-0.1, -0.05) is 44.6 Å². The summed E-state index contributed by atoms with van der Waals surface area (Å²) in [5.41, 5.74) is 0.602. The van der Waals surface area contributed by atoms with Crippen molar-refractivity contribution >= 4 is 0 Å². The average Bonchev–Trinajstić information content (AvgIpc) is 3.59. The van der Waals surface area contributed by atoms with Crippen LogP contribution in [0.5, 0.6) is 0 Å². The van der Waals surface area contributed by atoms with Crippen LogP contribution < -0.4 is 0 Å². The minimum atomic E-state index is -1.66. The minimum absolute atomic E-state index is 0.0163. The van der Waals surface area contributed by atoms with E-state index in [1.165, 1.54) is 0 Å². The van der Waals surface area contributed by atoms with Gasteiger partial charge in [0.1, 0.15) is 54.9 Å². The molecule has 3 saturated heterocycles. The summed E-state index contributed by atoms with van der Waals surface area (Å²) in [6.45, 7) is 9.18. The molecule has 7 rings (SSSR count). The van der Waals surface area contributed by atoms with Crippen LogP contribution in [0.3, 0.4) is 0 Å². The number of hydrogen-bond acceptors (Lipinski definition) is 16. The monoisotopic (exact) mass is 786 g/mol. The fraction of sp³-hybridized carbons (Fsp3) is 0.897. The zero-order valence-corrected chi connectivity index (χ0v) is 31.8. The van der Waals surface area contributed by atoms with Gasteiger partial charge >= 0.3 is 0 Å². The highest BCUT2D eigenvalue weighted by Crippen LogP contribution is 2.70. The molecule has 16 heteroatoms. The second kappa shape index (κ2) is 15.5. The smallest absolute Gasteiger partial charge is 0.187 e. The Labute approximate surface area is 320 Å². The molecule has 7 aliphatic rings. The van der Waals surface area contributed by atoms with E-state index in [0.717, 1.165) is 31.3 Å². The molecule has 0 radical (unpaired) electrons. The third kappa shape index (κ3) is 6.79. The van der Waals surface area contributed by atoms with Crippen LogP contribution in [0.15, 0.2) is 23.8 Å². The van der Waals surface area contributed by atoms with Crippen LogP contribution >= 0.6 is 0 Å². The van der Waals surface area contributed by atoms with Crippen LogP contribution in [0.4, 0.5) is 0 Å². The average molecular weight is 787 g/mol. The molecule has 4 aliphatic carbocycles. The van der Waals surface area contributed by atoms with Crippen LogP contribution in [-0.2, 0) is 23.7 Å². The SMILES string of the molecule is C=C(CCC1(O)OC2CC3C4CC=C5CC(O)C(O)C(OC6OC(CO)C(O)C(O)C6O)C5(C)C4CCC3(C)C2C1C)COC1OC(CO)C(O)C(O)C1O. The molecule has 6 fully saturated rings. The molecule has 0 bridgehead atoms. The van der Waals surface area contributed by atoms with E-state index < -0.39 is 104 Å². The molecule has 0 amide bonds. The fourth-order valence-electron chi connectivity index (χ4n) is 12.1. The van der Waals surface area contributed by atoms with E-state index >= 15 is 0 Å². The van der Waals surface area contributed by atoms with Gasteiger partial charge in [-0.2, -0.15) is 0 Å². The maximum absolute atomic E-state index is 12.0. The van der Waals surface area contributed by atoms with Gasteiger partial charge in [-0.15, -0.1) is 0 Å². The Morgan fingerprint density at radius 3 is 2.11 bits per heavy atom. The van der Waals surface area contributed by atoms with Gasteiger partial charge in [-0.3, -0.25) is 0 Å². The maximum atomic E-state index is 12.0. The Kier molecular flexibility index (Phi) is 11.8. The number of aliphatic hydroxyl groups is 11. The van der Waals surface area contributed by atoms with Crippen molar-refractivity contribution < 1.29 is 79.9 Å². The van der Waals surface area contributed by atoms with Crippen molar-refractivity contribution in [1.29, 1.82) is 0 Å². The van der Waals surface area contributed by atoms with Gasteiger partial charge in [0.25, 0.3) is 0 Å². The first-order valence-electron chi connectivity index (χ1n) is 19.9. The van der Waals surface area contributed by atoms with Gasteiger partial charge in [0, 0.05) is 17.8 Å². The summed E-state index contributed by atoms with van der Waals surface area (Å²) in [4.78, 5) is 0. The quantitative estimate of drug-likeness (QED) is 0.109. The highest BCUT2D eigenvalue weighted by Gasteiger charge is 2.69. The second-order valence-electron chi connectivity index (χ2n) is 18.0. The highest BCUT2D eigenvalue weighted by atomic mass is 16.7. The van der Waals surface area contributed by atoms with E-state index in [0.29, 0.717) is 12.0 Å². The lowest BCUT2D eigenvalue weighted by atomic mass is 9.46. The van der Waals surface area contributed by atoms with Crippen LogP contribution in [0, 0.1) is 40.4 Å². The van der Waals surface area contributed by atoms with E-state index in [1.807, 2.05) is 13.8 Å². The standard InChI is InChI=1S/C39H62O16/c1-16(15-51-35-32(48)30(46)28(44)24(13-40)52-35)7-10-39(50)17(2)26-23(55-39)12-21-19-6-5-18-11-22(42)27(43)34(38(18,4)20(19)8-9-37(21,26)3)54-36-33(49)31(47)29(45)25(14-41)53-36/h5,17,19-36,40-50H,1,6-15H2,2-4H3. The van der Waals surface area contributed by atoms with Crippen LogP contribution in [0.25, 0.3) is 0 Å². The Hall–Kier alpha value is -1.16. The number of aliphatic hydroxyl groups excluding tert-OH is 10. The molecule has 0 aromatic rings. The number of fused-ring (bicyclic) bond motifs is 7. The molecule has 0 spiro atoms. The van der Waals surface area contributed by atoms with Crippen LogP contribution in [-0.4, -0.2) is 168 Å². The summed E-state index contributed by atoms with van der Waals surface area (Å²) in [5.74, 6) is -1.21. The fourth-order valence-corrected chi connectivity index (χ4v) is 12.1. The first-order valence-corrected chi connectivity index (χ1v) is 19.9. The van der Waals surface area contributed by atoms with E-state index in [1.54, 1.807) is 0 Å². The third-order valence-corrected chi connectivity index (χ3v) is 15.2. The Morgan fingerprint density at radius 2 is 1.47 bits per heavy atom. The molecule has 22 atom stereocenters. The van der Waals surface area contributed by atoms with E-state index in [9.17, 15) is 56.2 Å². The number of ether oxygens (including phenoxy) is 5. The summed E-state index contributed by atoms with van der Waals surface area (Å²) in [5, 5.41) is 116. The van der Waals surface area contributed by atoms with Gasteiger partial charge in [-0.25, -0.2) is 0 Å². The van der Waals surface area contributed by atoms with Crippen molar-refractivity contribution in [2.75, 3.05) is 19.8 Å². The van der Waals surface area contributed by atoms with Crippen molar-refractivity contribution in [3.63, 3.8) is 0 Å². The van der Waals surface area contributed by atoms with E-state index in [4.69, 9.17) is 23.7 Å². The lowest BCUT2D eigenvalue weighted by Gasteiger charge is -2.61. The van der Waals surface area contributed by atoms with Crippen LogP contribution in [0.1, 0.15) is 65.7 Å². The first-order chi connectivity index (χ1) is 25.9. The third-order valence-electron chi connectivity index (χ3n) is 15.2. The summed E-state index contributed by atoms with van der Waals surface area (Å²) < 4.78 is 29.7. The Bertz CT molecular complexity index is 1430. The summed E-state index contributed by atoms with van der Waals surface area (Å²) in [6, 6.07) is 0. The van der Waals surface area contributed by atoms with Crippen molar-refractivity contribution in [2.24, 2.45) is 40.4 Å². The molecular weight excluding hydrogens is 724 g/mol. The summed E-state index contributed by atoms with van der Waals surface area (Å²) in [7, 11) is 0. The predicted molar refractivity (Wildman–Crippen MR) is 189 cm³/mol. The molecule has 16 nitrogen and oxygen atoms in total. The summed E-state index contributed by atoms with van der Waals surface area (Å²) in [6.07, 6.45) is -12.1. The Balaban J connectivity index is 1.02. The summed E-state index contributed by atoms with van der Waals surface area (Å²) >= 11 is 0. The zero-order chi connectivity index (χ0) is 39.9. The number of hydrogen-bond donors (Lipinski definition) is 11. The molecule has 55 heavy (non-hydrogen) atoms. The predicted octanol–water partition coefficient (Wildman–Crippen LogP) is -1.82. The zero-order valence-electron chi connectivity index (χ0n) is 31.8. The van der Waals surface area contributed by atoms with E-state index in [2.05, 4.69) is 19.6 Å². The van der Waals surface area contributed by atoms with Crippen molar-refractivity contribution in [1.82, 2.24) is 0 Å². The van der Waals surface area contributed by atoms with Gasteiger partial charge in [-0.05, 0) is 67.6 Å². The highest BCUT2D eigenvalue weighted by molar-refractivity contribution is 5.30. The van der Waals surface area contributed by atoms with Gasteiger partial charge in [0.2, 0.25) is 0 Å². The lowest BCUT2D eigenvalue weighted by molar-refractivity contribution is -0.334. The molecule has 22 unspecified atom stereocenters. The minimum Gasteiger partial charge on any atom is -0.394 e. The molecule has 0 aromatic carbocycles. The largest absolute Gasteiger partial charge is 0.394 e. The topological polar surface area (TPSA) is 269 Å². The van der Waals surface area contributed by atoms with Crippen molar-refractivity contribution in [3.8, 4) is 0 Å². The van der Waals surface area contributed by atoms with Crippen LogP contribution in [0.2, 0.25) is 0 Å². The van der Waals surface area contributed by atoms with Crippen molar-refractivity contribution in [2.45, 2.75) is 157 Å². The molecule has 3 saturated carbocycles. The molecule has 0 aromatic heterocycles. The number of allylic oxidation sites excluding steroid dienone is 1. The molecule has 11 N–H and O–H groups in total. The van der Waals surface area contributed by atoms with E-state index in [-0.39, 0.29) is 60.6 Å². The molecule has 3 heterocycles. The van der Waals surface area contributed by atoms with Gasteiger partial charge < -0.3 is 79.9 Å². The maximum Gasteiger partial charge on any atom is 0.187 e. The Morgan fingerprint density at radius 1 is 0.855 bits per heavy atom. The normalized spacial score (nSPS) is 54.9. The number of rotatable bonds is 10. The molecule has 3 aliphatic heterocycles. The first kappa shape index (κ1) is 42.0. The van der Waals surface area contributed by atoms with Gasteiger partial charge in [0.05, 0.1) is 38.1 Å². The second-order valence-corrected chi connectivity index (χ2v) is 18.0. The molecule has 314 valence electrons. The lowest BCUT2D eigenvalue weighted by Crippen LogP contribution is -2.65.